The number of hydrogen-bond donors (Lipinski definition) is 1. The second kappa shape index (κ2) is 5.42. The molecule has 2 unspecified atom stereocenters. The maximum Gasteiger partial charge on any atom is 0.308 e. The largest absolute Gasteiger partial charge is 0.481 e. The Kier molecular flexibility index (Phi) is 3.87. The number of aliphatic carboxylic acids is 1. The van der Waals surface area contributed by atoms with E-state index in [4.69, 9.17) is 5.11 Å². The minimum absolute atomic E-state index is 0.126. The summed E-state index contributed by atoms with van der Waals surface area (Å²) in [5, 5.41) is 13.2. The van der Waals surface area contributed by atoms with Gasteiger partial charge in [-0.3, -0.25) is 14.3 Å². The molecular formula is C13H19N3O3. The number of aryl methyl sites for hydroxylation is 1. The molecule has 0 aromatic carbocycles. The molecule has 6 heteroatoms. The van der Waals surface area contributed by atoms with Gasteiger partial charge in [0.1, 0.15) is 0 Å². The number of rotatable bonds is 4. The first-order valence-corrected chi connectivity index (χ1v) is 6.60. The lowest BCUT2D eigenvalue weighted by Gasteiger charge is -2.22. The van der Waals surface area contributed by atoms with Gasteiger partial charge in [0.25, 0.3) is 5.91 Å². The Morgan fingerprint density at radius 2 is 2.26 bits per heavy atom. The smallest absolute Gasteiger partial charge is 0.308 e. The van der Waals surface area contributed by atoms with Crippen LogP contribution in [0, 0.1) is 5.92 Å². The second-order valence-electron chi connectivity index (χ2n) is 4.96. The van der Waals surface area contributed by atoms with E-state index in [-0.39, 0.29) is 11.9 Å². The van der Waals surface area contributed by atoms with Gasteiger partial charge in [0, 0.05) is 25.3 Å². The molecule has 104 valence electrons. The quantitative estimate of drug-likeness (QED) is 0.888. The Balaban J connectivity index is 2.09. The highest BCUT2D eigenvalue weighted by atomic mass is 16.4. The topological polar surface area (TPSA) is 75.4 Å². The Labute approximate surface area is 112 Å². The van der Waals surface area contributed by atoms with Crippen molar-refractivity contribution in [3.05, 3.63) is 18.0 Å². The van der Waals surface area contributed by atoms with Gasteiger partial charge in [-0.2, -0.15) is 5.10 Å². The number of hydrogen-bond acceptors (Lipinski definition) is 3. The van der Waals surface area contributed by atoms with Crippen LogP contribution in [0.15, 0.2) is 12.4 Å². The van der Waals surface area contributed by atoms with E-state index < -0.39 is 11.9 Å². The van der Waals surface area contributed by atoms with Gasteiger partial charge >= 0.3 is 5.97 Å². The molecule has 0 saturated carbocycles. The molecule has 1 N–H and O–H groups in total. The van der Waals surface area contributed by atoms with Crippen molar-refractivity contribution in [2.45, 2.75) is 39.3 Å². The number of nitrogens with zero attached hydrogens (tertiary/aromatic N) is 3. The van der Waals surface area contributed by atoms with Crippen molar-refractivity contribution in [3.63, 3.8) is 0 Å². The first kappa shape index (κ1) is 13.6. The molecule has 1 fully saturated rings. The summed E-state index contributed by atoms with van der Waals surface area (Å²) in [6, 6.07) is -0.264. The Hall–Kier alpha value is -1.85. The van der Waals surface area contributed by atoms with Gasteiger partial charge in [-0.05, 0) is 19.8 Å². The number of carbonyl (C=O) groups is 2. The van der Waals surface area contributed by atoms with Crippen molar-refractivity contribution in [2.24, 2.45) is 5.92 Å². The molecular weight excluding hydrogens is 246 g/mol. The molecule has 1 saturated heterocycles. The number of likely N-dealkylation sites (tertiary alicyclic amines) is 1. The lowest BCUT2D eigenvalue weighted by molar-refractivity contribution is -0.142. The lowest BCUT2D eigenvalue weighted by Crippen LogP contribution is -2.37. The average Bonchev–Trinajstić information content (AvgIpc) is 2.95. The molecule has 0 spiro atoms. The minimum atomic E-state index is -0.829. The first-order valence-electron chi connectivity index (χ1n) is 6.60. The molecule has 19 heavy (non-hydrogen) atoms. The van der Waals surface area contributed by atoms with Crippen LogP contribution in [-0.4, -0.2) is 44.3 Å². The van der Waals surface area contributed by atoms with Crippen molar-refractivity contribution in [1.29, 1.82) is 0 Å². The van der Waals surface area contributed by atoms with Crippen LogP contribution in [0.5, 0.6) is 0 Å². The van der Waals surface area contributed by atoms with Crippen molar-refractivity contribution >= 4 is 11.9 Å². The van der Waals surface area contributed by atoms with Crippen LogP contribution in [-0.2, 0) is 11.3 Å². The van der Waals surface area contributed by atoms with Gasteiger partial charge in [0.15, 0.2) is 0 Å². The fraction of sp³-hybridized carbons (Fsp3) is 0.615. The lowest BCUT2D eigenvalue weighted by atomic mass is 10.0. The predicted octanol–water partition coefficient (Wildman–Crippen LogP) is 1.23. The van der Waals surface area contributed by atoms with Crippen LogP contribution in [0.4, 0.5) is 0 Å². The first-order chi connectivity index (χ1) is 9.04. The zero-order valence-corrected chi connectivity index (χ0v) is 11.2. The third-order valence-corrected chi connectivity index (χ3v) is 3.67. The number of carboxylic acid groups (broad SMARTS) is 1. The maximum atomic E-state index is 12.3. The summed E-state index contributed by atoms with van der Waals surface area (Å²) in [6.07, 6.45) is 4.76. The summed E-state index contributed by atoms with van der Waals surface area (Å²) in [4.78, 5) is 25.0. The molecule has 6 nitrogen and oxygen atoms in total. The summed E-state index contributed by atoms with van der Waals surface area (Å²) >= 11 is 0. The van der Waals surface area contributed by atoms with E-state index >= 15 is 0 Å². The molecule has 1 aromatic heterocycles. The van der Waals surface area contributed by atoms with Gasteiger partial charge in [-0.1, -0.05) is 6.92 Å². The molecule has 0 bridgehead atoms. The normalized spacial score (nSPS) is 22.7. The highest BCUT2D eigenvalue weighted by Crippen LogP contribution is 2.25. The van der Waals surface area contributed by atoms with E-state index in [1.165, 1.54) is 0 Å². The molecule has 1 aliphatic heterocycles. The summed E-state index contributed by atoms with van der Waals surface area (Å²) in [6.45, 7) is 5.11. The van der Waals surface area contributed by atoms with Crippen LogP contribution < -0.4 is 0 Å². The maximum absolute atomic E-state index is 12.3. The third kappa shape index (κ3) is 2.62. The molecule has 2 atom stereocenters. The van der Waals surface area contributed by atoms with Crippen molar-refractivity contribution < 1.29 is 14.7 Å². The fourth-order valence-corrected chi connectivity index (χ4v) is 2.55. The standard InChI is InChI=1S/C13H19N3O3/c1-3-5-15-8-10(7-14-15)12(17)16-6-4-11(9(16)2)13(18)19/h7-9,11H,3-6H2,1-2H3,(H,18,19). The van der Waals surface area contributed by atoms with E-state index in [0.29, 0.717) is 18.5 Å². The summed E-state index contributed by atoms with van der Waals surface area (Å²) < 4.78 is 1.74. The number of aromatic nitrogens is 2. The molecule has 0 radical (unpaired) electrons. The summed E-state index contributed by atoms with van der Waals surface area (Å²) in [7, 11) is 0. The average molecular weight is 265 g/mol. The molecule has 1 aliphatic rings. The van der Waals surface area contributed by atoms with Crippen LogP contribution in [0.3, 0.4) is 0 Å². The van der Waals surface area contributed by atoms with E-state index in [9.17, 15) is 9.59 Å². The SMILES string of the molecule is CCCn1cc(C(=O)N2CCC(C(=O)O)C2C)cn1. The summed E-state index contributed by atoms with van der Waals surface area (Å²) in [5.41, 5.74) is 0.534. The number of amides is 1. The molecule has 2 heterocycles. The summed E-state index contributed by atoms with van der Waals surface area (Å²) in [5.74, 6) is -1.42. The van der Waals surface area contributed by atoms with Gasteiger partial charge < -0.3 is 10.0 Å². The van der Waals surface area contributed by atoms with E-state index in [1.807, 2.05) is 6.92 Å². The molecule has 1 amide bonds. The van der Waals surface area contributed by atoms with Crippen molar-refractivity contribution in [1.82, 2.24) is 14.7 Å². The van der Waals surface area contributed by atoms with Crippen LogP contribution in [0.2, 0.25) is 0 Å². The third-order valence-electron chi connectivity index (χ3n) is 3.67. The molecule has 1 aromatic rings. The van der Waals surface area contributed by atoms with Crippen molar-refractivity contribution in [3.8, 4) is 0 Å². The highest BCUT2D eigenvalue weighted by molar-refractivity contribution is 5.94. The van der Waals surface area contributed by atoms with Crippen LogP contribution in [0.1, 0.15) is 37.0 Å². The van der Waals surface area contributed by atoms with Gasteiger partial charge in [-0.25, -0.2) is 0 Å². The Bertz CT molecular complexity index is 483. The van der Waals surface area contributed by atoms with Gasteiger partial charge in [0.05, 0.1) is 17.7 Å². The van der Waals surface area contributed by atoms with E-state index in [0.717, 1.165) is 13.0 Å². The molecule has 2 rings (SSSR count). The number of carbonyl (C=O) groups excluding carboxylic acids is 1. The van der Waals surface area contributed by atoms with Gasteiger partial charge in [0.2, 0.25) is 0 Å². The van der Waals surface area contributed by atoms with Crippen molar-refractivity contribution in [2.75, 3.05) is 6.54 Å². The van der Waals surface area contributed by atoms with E-state index in [1.54, 1.807) is 28.9 Å². The molecule has 0 aliphatic carbocycles. The second-order valence-corrected chi connectivity index (χ2v) is 4.96. The predicted molar refractivity (Wildman–Crippen MR) is 68.8 cm³/mol. The van der Waals surface area contributed by atoms with E-state index in [2.05, 4.69) is 5.10 Å². The highest BCUT2D eigenvalue weighted by Gasteiger charge is 2.38. The van der Waals surface area contributed by atoms with Crippen LogP contribution >= 0.6 is 0 Å². The van der Waals surface area contributed by atoms with Gasteiger partial charge in [-0.15, -0.1) is 0 Å². The zero-order valence-electron chi connectivity index (χ0n) is 11.2. The zero-order chi connectivity index (χ0) is 14.0. The van der Waals surface area contributed by atoms with Crippen LogP contribution in [0.25, 0.3) is 0 Å². The Morgan fingerprint density at radius 3 is 2.84 bits per heavy atom. The fourth-order valence-electron chi connectivity index (χ4n) is 2.55. The number of carboxylic acids is 1. The Morgan fingerprint density at radius 1 is 1.53 bits per heavy atom. The monoisotopic (exact) mass is 265 g/mol. The minimum Gasteiger partial charge on any atom is -0.481 e.